The first kappa shape index (κ1) is 23.5. The lowest BCUT2D eigenvalue weighted by atomic mass is 9.99. The molecule has 3 rings (SSSR count). The molecular formula is C24H27FIN3O2. The van der Waals surface area contributed by atoms with Crippen LogP contribution in [0.2, 0.25) is 0 Å². The predicted molar refractivity (Wildman–Crippen MR) is 131 cm³/mol. The van der Waals surface area contributed by atoms with E-state index in [9.17, 15) is 9.18 Å². The highest BCUT2D eigenvalue weighted by molar-refractivity contribution is 14.1. The summed E-state index contributed by atoms with van der Waals surface area (Å²) in [6.45, 7) is 5.71. The molecule has 0 bridgehead atoms. The molecule has 1 aliphatic rings. The molecule has 31 heavy (non-hydrogen) atoms. The largest absolute Gasteiger partial charge is 0.481 e. The van der Waals surface area contributed by atoms with Crippen molar-refractivity contribution in [2.75, 3.05) is 20.1 Å². The molecule has 2 aromatic carbocycles. The fourth-order valence-electron chi connectivity index (χ4n) is 3.56. The van der Waals surface area contributed by atoms with Gasteiger partial charge in [-0.05, 0) is 46.6 Å². The smallest absolute Gasteiger partial charge is 0.309 e. The van der Waals surface area contributed by atoms with Crippen molar-refractivity contribution in [3.63, 3.8) is 0 Å². The Bertz CT molecular complexity index is 996. The average molecular weight is 535 g/mol. The molecule has 0 unspecified atom stereocenters. The molecule has 164 valence electrons. The van der Waals surface area contributed by atoms with Crippen molar-refractivity contribution >= 4 is 38.1 Å². The highest BCUT2D eigenvalue weighted by atomic mass is 127. The maximum atomic E-state index is 14.7. The summed E-state index contributed by atoms with van der Waals surface area (Å²) in [4.78, 5) is 21.7. The Morgan fingerprint density at radius 3 is 2.39 bits per heavy atom. The summed E-state index contributed by atoms with van der Waals surface area (Å²) in [6, 6.07) is 13.3. The third-order valence-corrected chi connectivity index (χ3v) is 6.13. The molecule has 0 spiro atoms. The number of rotatable bonds is 7. The minimum absolute atomic E-state index is 0.333. The van der Waals surface area contributed by atoms with E-state index < -0.39 is 5.97 Å². The number of carboxylic acid groups (broad SMARTS) is 1. The molecule has 1 fully saturated rings. The van der Waals surface area contributed by atoms with E-state index in [4.69, 9.17) is 5.11 Å². The molecule has 0 aromatic heterocycles. The van der Waals surface area contributed by atoms with Crippen molar-refractivity contribution in [1.29, 1.82) is 0 Å². The van der Waals surface area contributed by atoms with E-state index in [1.807, 2.05) is 11.0 Å². The maximum absolute atomic E-state index is 14.7. The van der Waals surface area contributed by atoms with Crippen molar-refractivity contribution in [1.82, 2.24) is 4.90 Å². The molecule has 5 nitrogen and oxygen atoms in total. The topological polar surface area (TPSA) is 65.3 Å². The lowest BCUT2D eigenvalue weighted by Gasteiger charge is -2.36. The molecule has 7 heteroatoms. The van der Waals surface area contributed by atoms with Gasteiger partial charge in [-0.15, -0.1) is 0 Å². The number of hydrogen-bond acceptors (Lipinski definition) is 3. The molecular weight excluding hydrogens is 508 g/mol. The van der Waals surface area contributed by atoms with Crippen LogP contribution in [-0.2, 0) is 17.8 Å². The van der Waals surface area contributed by atoms with Gasteiger partial charge in [-0.3, -0.25) is 14.7 Å². The summed E-state index contributed by atoms with van der Waals surface area (Å²) in [6.07, 6.45) is 1.04. The van der Waals surface area contributed by atoms with Gasteiger partial charge in [0.15, 0.2) is 5.84 Å². The minimum atomic E-state index is -0.794. The van der Waals surface area contributed by atoms with Crippen molar-refractivity contribution in [2.24, 2.45) is 21.8 Å². The van der Waals surface area contributed by atoms with E-state index in [0.717, 1.165) is 15.7 Å². The van der Waals surface area contributed by atoms with Crippen LogP contribution < -0.4 is 0 Å². The Labute approximate surface area is 196 Å². The van der Waals surface area contributed by atoms with Crippen LogP contribution in [0.15, 0.2) is 52.4 Å². The maximum Gasteiger partial charge on any atom is 0.309 e. The van der Waals surface area contributed by atoms with Crippen LogP contribution in [0.5, 0.6) is 0 Å². The average Bonchev–Trinajstić information content (AvgIpc) is 2.69. The molecule has 0 saturated carbocycles. The van der Waals surface area contributed by atoms with Gasteiger partial charge in [0, 0.05) is 43.4 Å². The summed E-state index contributed by atoms with van der Waals surface area (Å²) in [5, 5.41) is 8.97. The third kappa shape index (κ3) is 6.20. The lowest BCUT2D eigenvalue weighted by Crippen LogP contribution is -2.49. The molecule has 1 saturated heterocycles. The number of aliphatic carboxylic acids is 1. The standard InChI is InChI=1S/C24H27FIN3O2/c1-15(2)10-16-4-6-17(7-5-16)22(26)28-23(27-3)18-8-9-19(21(25)11-18)12-29-13-20(14-29)24(30)31/h4-9,11,15,20H,10,12-14H2,1-3H3,(H,30,31)/b27-23-,28-22-. The van der Waals surface area contributed by atoms with E-state index in [-0.39, 0.29) is 11.7 Å². The Morgan fingerprint density at radius 2 is 1.84 bits per heavy atom. The molecule has 1 aliphatic heterocycles. The molecule has 0 radical (unpaired) electrons. The summed E-state index contributed by atoms with van der Waals surface area (Å²) < 4.78 is 15.5. The molecule has 0 aliphatic carbocycles. The summed E-state index contributed by atoms with van der Waals surface area (Å²) in [7, 11) is 1.65. The van der Waals surface area contributed by atoms with Crippen molar-refractivity contribution in [2.45, 2.75) is 26.8 Å². The Morgan fingerprint density at radius 1 is 1.19 bits per heavy atom. The minimum Gasteiger partial charge on any atom is -0.481 e. The molecule has 0 atom stereocenters. The first-order valence-corrected chi connectivity index (χ1v) is 11.4. The fourth-order valence-corrected chi connectivity index (χ4v) is 4.15. The molecule has 1 N–H and O–H groups in total. The second-order valence-corrected chi connectivity index (χ2v) is 9.30. The lowest BCUT2D eigenvalue weighted by molar-refractivity contribution is -0.147. The van der Waals surface area contributed by atoms with Gasteiger partial charge in [0.1, 0.15) is 9.54 Å². The molecule has 1 heterocycles. The van der Waals surface area contributed by atoms with Crippen LogP contribution in [0.3, 0.4) is 0 Å². The normalized spacial score (nSPS) is 15.9. The van der Waals surface area contributed by atoms with Crippen LogP contribution >= 0.6 is 22.6 Å². The van der Waals surface area contributed by atoms with Crippen LogP contribution in [0, 0.1) is 17.7 Å². The fraction of sp³-hybridized carbons (Fsp3) is 0.375. The second kappa shape index (κ2) is 10.5. The summed E-state index contributed by atoms with van der Waals surface area (Å²) in [5.74, 6) is -0.401. The first-order valence-electron chi connectivity index (χ1n) is 10.3. The van der Waals surface area contributed by atoms with E-state index >= 15 is 0 Å². The quantitative estimate of drug-likeness (QED) is 0.315. The van der Waals surface area contributed by atoms with Crippen LogP contribution in [0.1, 0.15) is 36.1 Å². The number of likely N-dealkylation sites (tertiary alicyclic amines) is 1. The van der Waals surface area contributed by atoms with Gasteiger partial charge < -0.3 is 5.11 Å². The zero-order valence-corrected chi connectivity index (χ0v) is 20.1. The van der Waals surface area contributed by atoms with Gasteiger partial charge in [0.25, 0.3) is 0 Å². The Kier molecular flexibility index (Phi) is 7.94. The zero-order chi connectivity index (χ0) is 22.5. The Balaban J connectivity index is 1.70. The number of halogens is 2. The van der Waals surface area contributed by atoms with Gasteiger partial charge in [-0.25, -0.2) is 9.38 Å². The van der Waals surface area contributed by atoms with E-state index in [1.165, 1.54) is 11.6 Å². The SMILES string of the molecule is C/N=C(\N=C(/I)c1ccc(CC(C)C)cc1)c1ccc(CN2CC(C(=O)O)C2)c(F)c1. The molecule has 2 aromatic rings. The van der Waals surface area contributed by atoms with Crippen molar-refractivity contribution in [3.05, 3.63) is 70.5 Å². The van der Waals surface area contributed by atoms with Crippen LogP contribution in [-0.4, -0.2) is 45.7 Å². The highest BCUT2D eigenvalue weighted by Gasteiger charge is 2.32. The van der Waals surface area contributed by atoms with E-state index in [2.05, 4.69) is 70.7 Å². The molecule has 0 amide bonds. The van der Waals surface area contributed by atoms with Crippen molar-refractivity contribution in [3.8, 4) is 0 Å². The van der Waals surface area contributed by atoms with Gasteiger partial charge >= 0.3 is 5.97 Å². The van der Waals surface area contributed by atoms with Crippen LogP contribution in [0.25, 0.3) is 0 Å². The van der Waals surface area contributed by atoms with Crippen LogP contribution in [0.4, 0.5) is 4.39 Å². The number of nitrogens with zero attached hydrogens (tertiary/aromatic N) is 3. The van der Waals surface area contributed by atoms with Gasteiger partial charge in [-0.2, -0.15) is 0 Å². The number of amidine groups is 1. The van der Waals surface area contributed by atoms with Crippen molar-refractivity contribution < 1.29 is 14.3 Å². The highest BCUT2D eigenvalue weighted by Crippen LogP contribution is 2.21. The Hall–Kier alpha value is -2.13. The van der Waals surface area contributed by atoms with Gasteiger partial charge in [0.2, 0.25) is 0 Å². The summed E-state index contributed by atoms with van der Waals surface area (Å²) in [5.41, 5.74) is 3.45. The second-order valence-electron chi connectivity index (χ2n) is 8.28. The number of hydrogen-bond donors (Lipinski definition) is 1. The third-order valence-electron chi connectivity index (χ3n) is 5.26. The summed E-state index contributed by atoms with van der Waals surface area (Å²) >= 11 is 2.18. The number of carboxylic acids is 1. The predicted octanol–water partition coefficient (Wildman–Crippen LogP) is 4.80. The first-order chi connectivity index (χ1) is 14.8. The zero-order valence-electron chi connectivity index (χ0n) is 18.0. The number of carbonyl (C=O) groups is 1. The van der Waals surface area contributed by atoms with Gasteiger partial charge in [-0.1, -0.05) is 50.2 Å². The van der Waals surface area contributed by atoms with Gasteiger partial charge in [0.05, 0.1) is 5.92 Å². The number of benzene rings is 2. The van der Waals surface area contributed by atoms with E-state index in [1.54, 1.807) is 13.1 Å². The monoisotopic (exact) mass is 535 g/mol. The number of aliphatic imine (C=N–C) groups is 2. The van der Waals surface area contributed by atoms with E-state index in [0.29, 0.717) is 42.5 Å².